The fraction of sp³-hybridized carbons (Fsp3) is 0. The van der Waals surface area contributed by atoms with Crippen molar-refractivity contribution in [2.75, 3.05) is 0 Å². The van der Waals surface area contributed by atoms with Gasteiger partial charge in [0.15, 0.2) is 0 Å². The smallest absolute Gasteiger partial charge is 0 e. The van der Waals surface area contributed by atoms with E-state index in [1.54, 1.807) is 0 Å². The Bertz CT molecular complexity index is 442. The van der Waals surface area contributed by atoms with Crippen molar-refractivity contribution in [3.63, 3.8) is 0 Å². The van der Waals surface area contributed by atoms with Crippen LogP contribution < -0.4 is 5.32 Å². The van der Waals surface area contributed by atoms with E-state index in [-0.39, 0.29) is 38.6 Å². The Morgan fingerprint density at radius 1 is 1.33 bits per heavy atom. The van der Waals surface area contributed by atoms with E-state index < -0.39 is 0 Å². The van der Waals surface area contributed by atoms with Gasteiger partial charge in [0.05, 0.1) is 0 Å². The molecule has 1 radical (unpaired) electrons. The van der Waals surface area contributed by atoms with Crippen LogP contribution in [0.3, 0.4) is 0 Å². The number of amides is 1. The Balaban J connectivity index is 0.000000352. The molecular weight excluding hydrogens is 473 g/mol. The predicted molar refractivity (Wildman–Crippen MR) is 62.8 cm³/mol. The summed E-state index contributed by atoms with van der Waals surface area (Å²) in [6.07, 6.45) is 5.23. The molecule has 2 rings (SSSR count). The van der Waals surface area contributed by atoms with E-state index >= 15 is 0 Å². The second kappa shape index (κ2) is 10.4. The minimum Gasteiger partial charge on any atom is -0.184 e. The van der Waals surface area contributed by atoms with Gasteiger partial charge in [0.1, 0.15) is 0 Å². The van der Waals surface area contributed by atoms with Crippen LogP contribution in [0.15, 0.2) is 53.0 Å². The first kappa shape index (κ1) is 17.5. The summed E-state index contributed by atoms with van der Waals surface area (Å²) in [7, 11) is 0. The molecule has 18 heavy (non-hydrogen) atoms. The number of allylic oxidation sites excluding steroid dienone is 2. The van der Waals surface area contributed by atoms with Crippen LogP contribution in [0.1, 0.15) is 0 Å². The molecule has 5 heteroatoms. The molecule has 1 aromatic rings. The van der Waals surface area contributed by atoms with E-state index in [0.717, 1.165) is 19.4 Å². The third-order valence-electron chi connectivity index (χ3n) is 1.67. The molecule has 0 aliphatic carbocycles. The molecule has 0 saturated carbocycles. The van der Waals surface area contributed by atoms with Gasteiger partial charge >= 0.3 is 75.0 Å². The number of rotatable bonds is 1. The molecule has 1 aliphatic heterocycles. The quantitative estimate of drug-likeness (QED) is 0.474. The Hall–Kier alpha value is -0.498. The molecule has 1 aliphatic rings. The summed E-state index contributed by atoms with van der Waals surface area (Å²) >= 11 is 1.12. The first-order chi connectivity index (χ1) is 8.25. The van der Waals surface area contributed by atoms with E-state index in [2.05, 4.69) is 22.7 Å². The van der Waals surface area contributed by atoms with Crippen molar-refractivity contribution in [3.05, 3.63) is 60.7 Å². The van der Waals surface area contributed by atoms with Crippen LogP contribution >= 0.6 is 0 Å². The molecule has 89 valence electrons. The Kier molecular flexibility index (Phi) is 10.1. The number of nitrogens with zero attached hydrogens (tertiary/aromatic N) is 1. The number of hydrogen-bond donors (Lipinski definition) is 1. The van der Waals surface area contributed by atoms with Crippen molar-refractivity contribution in [1.82, 2.24) is 5.32 Å². The second-order valence-corrected chi connectivity index (χ2v) is 4.22. The maximum Gasteiger partial charge on any atom is 0 e. The molecule has 3 nitrogen and oxygen atoms in total. The number of carbonyl (C=O) groups is 1. The van der Waals surface area contributed by atoms with Crippen LogP contribution in [-0.2, 0) is 56.9 Å². The van der Waals surface area contributed by atoms with Gasteiger partial charge in [0.25, 0.3) is 0 Å². The topological polar surface area (TPSA) is 41.5 Å². The second-order valence-electron chi connectivity index (χ2n) is 2.83. The molecule has 1 N–H and O–H groups in total. The molecular formula is C13H9N2OWY-3. The Labute approximate surface area is 143 Å². The van der Waals surface area contributed by atoms with Crippen molar-refractivity contribution >= 4 is 16.3 Å². The van der Waals surface area contributed by atoms with Crippen LogP contribution in [-0.4, -0.2) is 16.3 Å². The van der Waals surface area contributed by atoms with Gasteiger partial charge in [-0.2, -0.15) is 36.4 Å². The van der Waals surface area contributed by atoms with Crippen molar-refractivity contribution in [2.45, 2.75) is 0 Å². The summed E-state index contributed by atoms with van der Waals surface area (Å²) in [6, 6.07) is 12.5. The van der Waals surface area contributed by atoms with Gasteiger partial charge in [-0.3, -0.25) is 0 Å². The Morgan fingerprint density at radius 2 is 2.00 bits per heavy atom. The molecule has 0 unspecified atom stereocenters. The van der Waals surface area contributed by atoms with Crippen LogP contribution in [0.5, 0.6) is 0 Å². The average molecular weight is 482 g/mol. The van der Waals surface area contributed by atoms with Crippen molar-refractivity contribution in [1.29, 1.82) is 0 Å². The summed E-state index contributed by atoms with van der Waals surface area (Å²) in [6.45, 7) is 5.14. The molecule has 1 amide bonds. The molecule has 0 fully saturated rings. The maximum absolute atomic E-state index is 11.0. The first-order valence-corrected chi connectivity index (χ1v) is 6.19. The molecule has 0 atom stereocenters. The zero-order chi connectivity index (χ0) is 12.5. The first-order valence-electron chi connectivity index (χ1n) is 4.72. The third-order valence-corrected chi connectivity index (χ3v) is 2.79. The molecule has 1 heterocycles. The van der Waals surface area contributed by atoms with Gasteiger partial charge in [0.2, 0.25) is 0 Å². The minimum atomic E-state index is -0.202. The Morgan fingerprint density at radius 3 is 2.39 bits per heavy atom. The summed E-state index contributed by atoms with van der Waals surface area (Å²) in [5.41, 5.74) is 0.515. The van der Waals surface area contributed by atoms with Gasteiger partial charge in [-0.1, -0.05) is 0 Å². The van der Waals surface area contributed by atoms with E-state index in [9.17, 15) is 4.79 Å². The van der Waals surface area contributed by atoms with Crippen LogP contribution in [0.4, 0.5) is 0 Å². The number of carbonyl (C=O) groups excluding carboxylic acids is 1. The zero-order valence-electron chi connectivity index (χ0n) is 9.46. The summed E-state index contributed by atoms with van der Waals surface area (Å²) in [5.74, 6) is -0.202. The number of nitrogens with one attached hydrogen (secondary N) is 1. The SMILES string of the molecule is [CH-]=C/C=C1/C(=O)N[C-]=N[C]1=[W].[Y].[c-]1ccccc1. The standard InChI is InChI=1S/C7H4N2O.C6H5.W.Y/c1-2-3-6-4-8-5-9-7(6)10;1-2-4-6-5-3-1;;/h1-3H,(H,8,9,10);1-5H;;/q-2;-1;;/b6-3+;;;. The molecule has 0 saturated heterocycles. The molecule has 0 spiro atoms. The number of benzene rings is 1. The number of hydrogen-bond acceptors (Lipinski definition) is 2. The zero-order valence-corrected chi connectivity index (χ0v) is 15.2. The summed E-state index contributed by atoms with van der Waals surface area (Å²) in [4.78, 5) is 14.8. The fourth-order valence-electron chi connectivity index (χ4n) is 0.939. The normalized spacial score (nSPS) is 15.0. The fourth-order valence-corrected chi connectivity index (χ4v) is 1.68. The number of aliphatic imine (C=N–C) groups is 1. The average Bonchev–Trinajstić information content (AvgIpc) is 2.37. The van der Waals surface area contributed by atoms with Gasteiger partial charge in [-0.25, -0.2) is 0 Å². The van der Waals surface area contributed by atoms with E-state index in [1.807, 2.05) is 30.3 Å². The monoisotopic (exact) mass is 482 g/mol. The van der Waals surface area contributed by atoms with E-state index in [0.29, 0.717) is 9.59 Å². The summed E-state index contributed by atoms with van der Waals surface area (Å²) in [5, 5.41) is 2.34. The van der Waals surface area contributed by atoms with Crippen molar-refractivity contribution < 1.29 is 56.9 Å². The van der Waals surface area contributed by atoms with Gasteiger partial charge in [0, 0.05) is 32.7 Å². The van der Waals surface area contributed by atoms with E-state index in [4.69, 9.17) is 6.58 Å². The van der Waals surface area contributed by atoms with Crippen molar-refractivity contribution in [2.24, 2.45) is 4.99 Å². The van der Waals surface area contributed by atoms with E-state index in [1.165, 1.54) is 12.2 Å². The molecule has 0 aromatic heterocycles. The van der Waals surface area contributed by atoms with Gasteiger partial charge in [-0.05, 0) is 0 Å². The minimum absolute atomic E-state index is 0. The van der Waals surface area contributed by atoms with Crippen molar-refractivity contribution in [3.8, 4) is 0 Å². The predicted octanol–water partition coefficient (Wildman–Crippen LogP) is 1.10. The molecule has 0 bridgehead atoms. The van der Waals surface area contributed by atoms with Crippen LogP contribution in [0.25, 0.3) is 0 Å². The largest absolute Gasteiger partial charge is 0.184 e. The summed E-state index contributed by atoms with van der Waals surface area (Å²) < 4.78 is 0.704. The third kappa shape index (κ3) is 6.44. The van der Waals surface area contributed by atoms with Gasteiger partial charge < -0.3 is 0 Å². The van der Waals surface area contributed by atoms with Gasteiger partial charge in [-0.15, -0.1) is 0 Å². The van der Waals surface area contributed by atoms with Crippen LogP contribution in [0, 0.1) is 12.6 Å². The van der Waals surface area contributed by atoms with Crippen LogP contribution in [0.2, 0.25) is 0 Å². The molecule has 1 aromatic carbocycles. The maximum atomic E-state index is 11.0.